The lowest BCUT2D eigenvalue weighted by atomic mass is 9.92. The molecule has 1 atom stereocenters. The fraction of sp³-hybridized carbons (Fsp3) is 0.115. The Morgan fingerprint density at radius 2 is 1.71 bits per heavy atom. The monoisotopic (exact) mass is 537 g/mol. The minimum Gasteiger partial charge on any atom is -0.304 e. The van der Waals surface area contributed by atoms with E-state index in [0.29, 0.717) is 5.70 Å². The maximum atomic E-state index is 14.7. The molecule has 8 heteroatoms. The number of sulfonamides is 1. The van der Waals surface area contributed by atoms with Crippen molar-refractivity contribution in [1.82, 2.24) is 14.8 Å². The number of nitrogens with zero attached hydrogens (tertiary/aromatic N) is 2. The smallest absolute Gasteiger partial charge is 0.228 e. The standard InChI is InChI=1S/C26H21BrFN3O2S/c1-16-25(23-15-24(31(30-23)34(2,32)33)19-10-6-7-11-21(19)28)26(17-8-4-3-5-9-17)20-14-18(27)12-13-22(20)29-16/h3-15,24,30H,1-2H3/t24-/m0/s1. The van der Waals surface area contributed by atoms with Crippen molar-refractivity contribution in [2.45, 2.75) is 13.0 Å². The van der Waals surface area contributed by atoms with Gasteiger partial charge in [-0.2, -0.15) is 0 Å². The van der Waals surface area contributed by atoms with E-state index in [0.717, 1.165) is 48.4 Å². The molecule has 3 aromatic carbocycles. The first-order valence-electron chi connectivity index (χ1n) is 10.6. The number of pyridine rings is 1. The maximum absolute atomic E-state index is 14.7. The Morgan fingerprint density at radius 3 is 2.41 bits per heavy atom. The molecule has 0 bridgehead atoms. The Balaban J connectivity index is 1.80. The van der Waals surface area contributed by atoms with Crippen LogP contribution in [0.2, 0.25) is 0 Å². The van der Waals surface area contributed by atoms with Gasteiger partial charge in [-0.15, -0.1) is 4.41 Å². The Kier molecular flexibility index (Phi) is 5.75. The van der Waals surface area contributed by atoms with Gasteiger partial charge >= 0.3 is 0 Å². The van der Waals surface area contributed by atoms with Crippen molar-refractivity contribution < 1.29 is 12.8 Å². The zero-order valence-electron chi connectivity index (χ0n) is 18.5. The van der Waals surface area contributed by atoms with E-state index in [-0.39, 0.29) is 5.56 Å². The molecule has 5 rings (SSSR count). The Hall–Kier alpha value is -3.07. The zero-order chi connectivity index (χ0) is 24.0. The van der Waals surface area contributed by atoms with Gasteiger partial charge in [-0.1, -0.05) is 64.5 Å². The highest BCUT2D eigenvalue weighted by Crippen LogP contribution is 2.41. The molecule has 2 heterocycles. The fourth-order valence-corrected chi connectivity index (χ4v) is 5.62. The van der Waals surface area contributed by atoms with Gasteiger partial charge in [0.15, 0.2) is 0 Å². The molecule has 34 heavy (non-hydrogen) atoms. The highest BCUT2D eigenvalue weighted by Gasteiger charge is 2.36. The second kappa shape index (κ2) is 8.61. The molecular formula is C26H21BrFN3O2S. The highest BCUT2D eigenvalue weighted by molar-refractivity contribution is 9.10. The molecule has 4 aromatic rings. The van der Waals surface area contributed by atoms with Gasteiger partial charge < -0.3 is 5.43 Å². The van der Waals surface area contributed by atoms with Crippen LogP contribution in [0.5, 0.6) is 0 Å². The number of hydrogen-bond acceptors (Lipinski definition) is 4. The first-order valence-corrected chi connectivity index (χ1v) is 13.3. The number of nitrogens with one attached hydrogen (secondary N) is 1. The van der Waals surface area contributed by atoms with E-state index >= 15 is 0 Å². The van der Waals surface area contributed by atoms with Crippen LogP contribution in [0.4, 0.5) is 4.39 Å². The van der Waals surface area contributed by atoms with Gasteiger partial charge in [-0.3, -0.25) is 4.98 Å². The topological polar surface area (TPSA) is 62.3 Å². The van der Waals surface area contributed by atoms with E-state index in [9.17, 15) is 12.8 Å². The molecule has 0 spiro atoms. The Bertz CT molecular complexity index is 1560. The van der Waals surface area contributed by atoms with Crippen LogP contribution in [0.3, 0.4) is 0 Å². The van der Waals surface area contributed by atoms with Crippen LogP contribution in [0, 0.1) is 12.7 Å². The van der Waals surface area contributed by atoms with Crippen molar-refractivity contribution in [3.05, 3.63) is 106 Å². The van der Waals surface area contributed by atoms with Crippen molar-refractivity contribution in [1.29, 1.82) is 0 Å². The summed E-state index contributed by atoms with van der Waals surface area (Å²) in [7, 11) is -3.72. The van der Waals surface area contributed by atoms with E-state index in [2.05, 4.69) is 21.4 Å². The summed E-state index contributed by atoms with van der Waals surface area (Å²) in [6.45, 7) is 1.90. The lowest BCUT2D eigenvalue weighted by Gasteiger charge is -2.24. The van der Waals surface area contributed by atoms with Gasteiger partial charge in [0, 0.05) is 32.2 Å². The number of aryl methyl sites for hydroxylation is 1. The summed E-state index contributed by atoms with van der Waals surface area (Å²) >= 11 is 3.56. The molecule has 1 aliphatic rings. The minimum absolute atomic E-state index is 0.269. The van der Waals surface area contributed by atoms with Gasteiger partial charge in [0.1, 0.15) is 5.82 Å². The third-order valence-corrected chi connectivity index (χ3v) is 7.37. The number of aromatic nitrogens is 1. The average Bonchev–Trinajstić information content (AvgIpc) is 3.25. The predicted octanol–water partition coefficient (Wildman–Crippen LogP) is 5.97. The summed E-state index contributed by atoms with van der Waals surface area (Å²) in [5.41, 5.74) is 8.08. The van der Waals surface area contributed by atoms with Crippen LogP contribution < -0.4 is 5.43 Å². The fourth-order valence-electron chi connectivity index (χ4n) is 4.40. The van der Waals surface area contributed by atoms with Crippen LogP contribution >= 0.6 is 15.9 Å². The SMILES string of the molecule is Cc1nc2ccc(Br)cc2c(-c2ccccc2)c1C1=C[C@@H](c2ccccc2F)N(S(C)(=O)=O)N1. The quantitative estimate of drug-likeness (QED) is 0.348. The summed E-state index contributed by atoms with van der Waals surface area (Å²) in [6, 6.07) is 21.1. The third-order valence-electron chi connectivity index (χ3n) is 5.85. The molecule has 0 amide bonds. The summed E-state index contributed by atoms with van der Waals surface area (Å²) in [5.74, 6) is -0.471. The van der Waals surface area contributed by atoms with Crippen LogP contribution in [-0.4, -0.2) is 24.1 Å². The summed E-state index contributed by atoms with van der Waals surface area (Å²) in [5, 5.41) is 0.920. The van der Waals surface area contributed by atoms with Crippen molar-refractivity contribution >= 4 is 42.6 Å². The molecule has 0 saturated heterocycles. The number of benzene rings is 3. The molecule has 1 aliphatic heterocycles. The normalized spacial score (nSPS) is 16.5. The van der Waals surface area contributed by atoms with Crippen LogP contribution in [-0.2, 0) is 10.0 Å². The van der Waals surface area contributed by atoms with Crippen LogP contribution in [0.25, 0.3) is 27.7 Å². The van der Waals surface area contributed by atoms with E-state index in [4.69, 9.17) is 4.98 Å². The highest BCUT2D eigenvalue weighted by atomic mass is 79.9. The van der Waals surface area contributed by atoms with E-state index in [1.807, 2.05) is 55.5 Å². The Labute approximate surface area is 206 Å². The predicted molar refractivity (Wildman–Crippen MR) is 137 cm³/mol. The molecule has 0 aliphatic carbocycles. The third kappa shape index (κ3) is 4.02. The van der Waals surface area contributed by atoms with Crippen LogP contribution in [0.15, 0.2) is 83.3 Å². The molecule has 0 radical (unpaired) electrons. The van der Waals surface area contributed by atoms with Crippen molar-refractivity contribution in [3.8, 4) is 11.1 Å². The summed E-state index contributed by atoms with van der Waals surface area (Å²) in [4.78, 5) is 4.81. The molecule has 0 unspecified atom stereocenters. The van der Waals surface area contributed by atoms with Gasteiger partial charge in [0.05, 0.1) is 23.5 Å². The number of hydrazine groups is 1. The van der Waals surface area contributed by atoms with Gasteiger partial charge in [-0.05, 0) is 42.8 Å². The number of fused-ring (bicyclic) bond motifs is 1. The zero-order valence-corrected chi connectivity index (χ0v) is 20.9. The second-order valence-corrected chi connectivity index (χ2v) is 11.0. The van der Waals surface area contributed by atoms with Crippen molar-refractivity contribution in [2.24, 2.45) is 0 Å². The van der Waals surface area contributed by atoms with Gasteiger partial charge in [-0.25, -0.2) is 12.8 Å². The molecule has 1 aromatic heterocycles. The lowest BCUT2D eigenvalue weighted by molar-refractivity contribution is 0.344. The van der Waals surface area contributed by atoms with E-state index < -0.39 is 21.9 Å². The number of halogens is 2. The first kappa shape index (κ1) is 22.7. The molecule has 5 nitrogen and oxygen atoms in total. The molecular weight excluding hydrogens is 517 g/mol. The molecule has 1 N–H and O–H groups in total. The number of rotatable bonds is 4. The van der Waals surface area contributed by atoms with Crippen molar-refractivity contribution in [2.75, 3.05) is 6.26 Å². The second-order valence-electron chi connectivity index (χ2n) is 8.19. The largest absolute Gasteiger partial charge is 0.304 e. The number of hydrogen-bond donors (Lipinski definition) is 1. The molecule has 172 valence electrons. The van der Waals surface area contributed by atoms with Crippen molar-refractivity contribution in [3.63, 3.8) is 0 Å². The summed E-state index contributed by atoms with van der Waals surface area (Å²) in [6.07, 6.45) is 2.85. The van der Waals surface area contributed by atoms with E-state index in [1.54, 1.807) is 24.3 Å². The molecule has 0 fully saturated rings. The first-order chi connectivity index (χ1) is 16.2. The minimum atomic E-state index is -3.72. The van der Waals surface area contributed by atoms with E-state index in [1.165, 1.54) is 6.07 Å². The lowest BCUT2D eigenvalue weighted by Crippen LogP contribution is -2.39. The maximum Gasteiger partial charge on any atom is 0.228 e. The summed E-state index contributed by atoms with van der Waals surface area (Å²) < 4.78 is 42.1. The van der Waals surface area contributed by atoms with Gasteiger partial charge in [0.2, 0.25) is 10.0 Å². The molecule has 0 saturated carbocycles. The van der Waals surface area contributed by atoms with Gasteiger partial charge in [0.25, 0.3) is 0 Å². The Morgan fingerprint density at radius 1 is 1.00 bits per heavy atom. The van der Waals surface area contributed by atoms with Crippen LogP contribution in [0.1, 0.15) is 22.9 Å². The average molecular weight is 538 g/mol.